The Morgan fingerprint density at radius 1 is 1.03 bits per heavy atom. The molecule has 5 rings (SSSR count). The Balaban J connectivity index is 1.40. The lowest BCUT2D eigenvalue weighted by Gasteiger charge is -2.12. The minimum atomic E-state index is -0.294. The van der Waals surface area contributed by atoms with Gasteiger partial charge in [0.05, 0.1) is 6.54 Å². The van der Waals surface area contributed by atoms with Crippen LogP contribution in [0.25, 0.3) is 10.9 Å². The number of fused-ring (bicyclic) bond motifs is 1. The third-order valence-electron chi connectivity index (χ3n) is 5.32. The van der Waals surface area contributed by atoms with E-state index in [-0.39, 0.29) is 18.3 Å². The summed E-state index contributed by atoms with van der Waals surface area (Å²) in [7, 11) is 1.89. The summed E-state index contributed by atoms with van der Waals surface area (Å²) >= 11 is 1.49. The molecule has 164 valence electrons. The van der Waals surface area contributed by atoms with Crippen molar-refractivity contribution < 1.29 is 9.18 Å². The van der Waals surface area contributed by atoms with Gasteiger partial charge in [-0.05, 0) is 54.2 Å². The van der Waals surface area contributed by atoms with E-state index in [9.17, 15) is 9.18 Å². The highest BCUT2D eigenvalue weighted by atomic mass is 32.2. The van der Waals surface area contributed by atoms with E-state index in [2.05, 4.69) is 15.5 Å². The zero-order chi connectivity index (χ0) is 22.8. The van der Waals surface area contributed by atoms with Crippen LogP contribution in [0.15, 0.2) is 95.2 Å². The summed E-state index contributed by atoms with van der Waals surface area (Å²) < 4.78 is 18.0. The number of halogens is 1. The molecule has 3 aromatic carbocycles. The predicted molar refractivity (Wildman–Crippen MR) is 127 cm³/mol. The van der Waals surface area contributed by atoms with Gasteiger partial charge in [-0.3, -0.25) is 4.79 Å². The first-order chi connectivity index (χ1) is 16.1. The number of anilines is 1. The molecule has 0 atom stereocenters. The van der Waals surface area contributed by atoms with Crippen LogP contribution < -0.4 is 5.32 Å². The first-order valence-corrected chi connectivity index (χ1v) is 11.1. The number of carbonyl (C=O) groups is 1. The van der Waals surface area contributed by atoms with E-state index in [1.807, 2.05) is 70.8 Å². The summed E-state index contributed by atoms with van der Waals surface area (Å²) in [6.07, 6.45) is 1.65. The number of hydrogen-bond donors (Lipinski definition) is 1. The Hall–Kier alpha value is -3.91. The Labute approximate surface area is 194 Å². The van der Waals surface area contributed by atoms with E-state index in [0.29, 0.717) is 16.9 Å². The smallest absolute Gasteiger partial charge is 0.272 e. The highest BCUT2D eigenvalue weighted by Gasteiger charge is 2.17. The van der Waals surface area contributed by atoms with Crippen molar-refractivity contribution in [1.82, 2.24) is 19.3 Å². The average molecular weight is 458 g/mol. The Morgan fingerprint density at radius 3 is 2.55 bits per heavy atom. The van der Waals surface area contributed by atoms with Gasteiger partial charge in [0.1, 0.15) is 17.8 Å². The average Bonchev–Trinajstić information content (AvgIpc) is 3.40. The molecule has 0 unspecified atom stereocenters. The highest BCUT2D eigenvalue weighted by Crippen LogP contribution is 2.27. The molecule has 0 spiro atoms. The Bertz CT molecular complexity index is 1440. The standard InChI is InChI=1S/C25H20FN5OS/c1-30-16-27-29-25(30)33-20-12-10-19(11-13-20)28-24(32)23-14-17-6-3-5-9-22(17)31(23)15-18-7-2-4-8-21(18)26/h2-14,16H,15H2,1H3,(H,28,32). The highest BCUT2D eigenvalue weighted by molar-refractivity contribution is 7.99. The van der Waals surface area contributed by atoms with Gasteiger partial charge in [-0.1, -0.05) is 36.4 Å². The summed E-state index contributed by atoms with van der Waals surface area (Å²) in [4.78, 5) is 14.2. The van der Waals surface area contributed by atoms with Crippen LogP contribution in [0.5, 0.6) is 0 Å². The quantitative estimate of drug-likeness (QED) is 0.373. The molecule has 1 amide bonds. The van der Waals surface area contributed by atoms with Gasteiger partial charge in [-0.25, -0.2) is 4.39 Å². The lowest BCUT2D eigenvalue weighted by atomic mass is 10.2. The van der Waals surface area contributed by atoms with Crippen LogP contribution in [0, 0.1) is 5.82 Å². The topological polar surface area (TPSA) is 64.7 Å². The van der Waals surface area contributed by atoms with Crippen LogP contribution in [0.4, 0.5) is 10.1 Å². The molecule has 0 fully saturated rings. The molecule has 0 aliphatic carbocycles. The lowest BCUT2D eigenvalue weighted by Crippen LogP contribution is -2.17. The van der Waals surface area contributed by atoms with Crippen molar-refractivity contribution in [2.24, 2.45) is 7.05 Å². The number of aromatic nitrogens is 4. The molecule has 33 heavy (non-hydrogen) atoms. The first kappa shape index (κ1) is 21.0. The first-order valence-electron chi connectivity index (χ1n) is 10.3. The van der Waals surface area contributed by atoms with Gasteiger partial charge in [0.2, 0.25) is 0 Å². The minimum Gasteiger partial charge on any atom is -0.332 e. The molecule has 0 saturated heterocycles. The molecule has 2 aromatic heterocycles. The van der Waals surface area contributed by atoms with E-state index in [1.165, 1.54) is 17.8 Å². The number of rotatable bonds is 6. The second-order valence-corrected chi connectivity index (χ2v) is 8.61. The summed E-state index contributed by atoms with van der Waals surface area (Å²) in [6.45, 7) is 0.260. The van der Waals surface area contributed by atoms with E-state index in [1.54, 1.807) is 24.5 Å². The molecule has 0 bridgehead atoms. The molecule has 0 radical (unpaired) electrons. The molecule has 6 nitrogen and oxygen atoms in total. The van der Waals surface area contributed by atoms with Crippen LogP contribution in [0.3, 0.4) is 0 Å². The van der Waals surface area contributed by atoms with E-state index in [4.69, 9.17) is 0 Å². The Kier molecular flexibility index (Phi) is 5.66. The van der Waals surface area contributed by atoms with Crippen molar-refractivity contribution in [3.05, 3.63) is 102 Å². The summed E-state index contributed by atoms with van der Waals surface area (Å²) in [6, 6.07) is 23.7. The molecule has 8 heteroatoms. The molecule has 0 aliphatic rings. The lowest BCUT2D eigenvalue weighted by molar-refractivity contribution is 0.101. The second kappa shape index (κ2) is 8.91. The van der Waals surface area contributed by atoms with Crippen molar-refractivity contribution in [1.29, 1.82) is 0 Å². The number of benzene rings is 3. The van der Waals surface area contributed by atoms with Gasteiger partial charge >= 0.3 is 0 Å². The van der Waals surface area contributed by atoms with Crippen molar-refractivity contribution >= 4 is 34.3 Å². The molecule has 0 aliphatic heterocycles. The fourth-order valence-corrected chi connectivity index (χ4v) is 4.40. The normalized spacial score (nSPS) is 11.1. The molecular formula is C25H20FN5OS. The van der Waals surface area contributed by atoms with Gasteiger partial charge in [0.15, 0.2) is 5.16 Å². The van der Waals surface area contributed by atoms with E-state index < -0.39 is 0 Å². The summed E-state index contributed by atoms with van der Waals surface area (Å²) in [5.74, 6) is -0.547. The SMILES string of the molecule is Cn1cnnc1Sc1ccc(NC(=O)c2cc3ccccc3n2Cc2ccccc2F)cc1. The zero-order valence-electron chi connectivity index (χ0n) is 17.8. The van der Waals surface area contributed by atoms with Crippen LogP contribution in [0.2, 0.25) is 0 Å². The number of aryl methyl sites for hydroxylation is 1. The van der Waals surface area contributed by atoms with Crippen molar-refractivity contribution in [2.75, 3.05) is 5.32 Å². The molecule has 0 saturated carbocycles. The van der Waals surface area contributed by atoms with Gasteiger partial charge in [0, 0.05) is 34.1 Å². The van der Waals surface area contributed by atoms with Gasteiger partial charge < -0.3 is 14.5 Å². The summed E-state index contributed by atoms with van der Waals surface area (Å²) in [5.41, 5.74) is 2.54. The number of carbonyl (C=O) groups excluding carboxylic acids is 1. The van der Waals surface area contributed by atoms with Crippen molar-refractivity contribution in [3.8, 4) is 0 Å². The maximum absolute atomic E-state index is 14.3. The Morgan fingerprint density at radius 2 is 1.79 bits per heavy atom. The van der Waals surface area contributed by atoms with Gasteiger partial charge in [-0.2, -0.15) is 0 Å². The monoisotopic (exact) mass is 457 g/mol. The fraction of sp³-hybridized carbons (Fsp3) is 0.0800. The molecular weight excluding hydrogens is 437 g/mol. The predicted octanol–water partition coefficient (Wildman–Crippen LogP) is 5.36. The third-order valence-corrected chi connectivity index (χ3v) is 6.38. The third kappa shape index (κ3) is 4.38. The largest absolute Gasteiger partial charge is 0.332 e. The number of hydrogen-bond acceptors (Lipinski definition) is 4. The van der Waals surface area contributed by atoms with Crippen molar-refractivity contribution in [2.45, 2.75) is 16.6 Å². The molecule has 1 N–H and O–H groups in total. The minimum absolute atomic E-state index is 0.253. The second-order valence-electron chi connectivity index (χ2n) is 7.57. The van der Waals surface area contributed by atoms with Crippen LogP contribution in [0.1, 0.15) is 16.1 Å². The van der Waals surface area contributed by atoms with Crippen LogP contribution in [-0.4, -0.2) is 25.2 Å². The number of amides is 1. The molecule has 5 aromatic rings. The maximum Gasteiger partial charge on any atom is 0.272 e. The summed E-state index contributed by atoms with van der Waals surface area (Å²) in [5, 5.41) is 12.6. The van der Waals surface area contributed by atoms with Crippen LogP contribution in [-0.2, 0) is 13.6 Å². The fourth-order valence-electron chi connectivity index (χ4n) is 3.64. The van der Waals surface area contributed by atoms with Gasteiger partial charge in [-0.15, -0.1) is 10.2 Å². The number of para-hydroxylation sites is 1. The maximum atomic E-state index is 14.3. The van der Waals surface area contributed by atoms with E-state index in [0.717, 1.165) is 21.0 Å². The van der Waals surface area contributed by atoms with Gasteiger partial charge in [0.25, 0.3) is 5.91 Å². The molecule has 2 heterocycles. The zero-order valence-corrected chi connectivity index (χ0v) is 18.6. The van der Waals surface area contributed by atoms with Crippen LogP contribution >= 0.6 is 11.8 Å². The van der Waals surface area contributed by atoms with Crippen molar-refractivity contribution in [3.63, 3.8) is 0 Å². The number of nitrogens with one attached hydrogen (secondary N) is 1. The number of nitrogens with zero attached hydrogens (tertiary/aromatic N) is 4. The van der Waals surface area contributed by atoms with E-state index >= 15 is 0 Å².